The van der Waals surface area contributed by atoms with Gasteiger partial charge in [0.1, 0.15) is 11.2 Å². The summed E-state index contributed by atoms with van der Waals surface area (Å²) in [4.78, 5) is 43.1. The van der Waals surface area contributed by atoms with E-state index in [1.54, 1.807) is 31.2 Å². The molecular formula is C23H19ClN4O3. The fourth-order valence-corrected chi connectivity index (χ4v) is 3.75. The third-order valence-electron chi connectivity index (χ3n) is 5.01. The second-order valence-electron chi connectivity index (χ2n) is 7.40. The van der Waals surface area contributed by atoms with Crippen molar-refractivity contribution >= 4 is 40.8 Å². The maximum atomic E-state index is 13.1. The molecule has 1 fully saturated rings. The molecule has 0 radical (unpaired) electrons. The monoisotopic (exact) mass is 434 g/mol. The van der Waals surface area contributed by atoms with Crippen LogP contribution in [-0.2, 0) is 11.2 Å². The lowest BCUT2D eigenvalue weighted by molar-refractivity contribution is -0.121. The largest absolute Gasteiger partial charge is 0.329 e. The SMILES string of the molecule is CC1(Cc2ccccc2)NC(=O)N(c2ccc(NC(=O)c3ccccn3)cc2Cl)C1=O. The van der Waals surface area contributed by atoms with Crippen LogP contribution in [0, 0.1) is 0 Å². The van der Waals surface area contributed by atoms with Crippen LogP contribution >= 0.6 is 11.6 Å². The highest BCUT2D eigenvalue weighted by Gasteiger charge is 2.48. The van der Waals surface area contributed by atoms with E-state index < -0.39 is 23.4 Å². The van der Waals surface area contributed by atoms with Gasteiger partial charge >= 0.3 is 6.03 Å². The topological polar surface area (TPSA) is 91.4 Å². The zero-order valence-electron chi connectivity index (χ0n) is 16.6. The number of carbonyl (C=O) groups is 3. The molecule has 2 N–H and O–H groups in total. The van der Waals surface area contributed by atoms with Crippen LogP contribution in [0.5, 0.6) is 0 Å². The summed E-state index contributed by atoms with van der Waals surface area (Å²) in [6.07, 6.45) is 1.87. The van der Waals surface area contributed by atoms with E-state index in [-0.39, 0.29) is 16.4 Å². The third kappa shape index (κ3) is 4.13. The van der Waals surface area contributed by atoms with Crippen molar-refractivity contribution in [2.24, 2.45) is 0 Å². The molecule has 3 aromatic rings. The molecule has 7 nitrogen and oxygen atoms in total. The van der Waals surface area contributed by atoms with Gasteiger partial charge in [-0.2, -0.15) is 0 Å². The maximum Gasteiger partial charge on any atom is 0.329 e. The Morgan fingerprint density at radius 3 is 2.52 bits per heavy atom. The van der Waals surface area contributed by atoms with E-state index in [1.807, 2.05) is 30.3 Å². The Balaban J connectivity index is 1.54. The number of benzene rings is 2. The quantitative estimate of drug-likeness (QED) is 0.593. The van der Waals surface area contributed by atoms with Crippen LogP contribution in [0.2, 0.25) is 5.02 Å². The average Bonchev–Trinajstić information content (AvgIpc) is 2.97. The Kier molecular flexibility index (Phi) is 5.44. The van der Waals surface area contributed by atoms with Gasteiger partial charge < -0.3 is 10.6 Å². The number of nitrogens with zero attached hydrogens (tertiary/aromatic N) is 2. The lowest BCUT2D eigenvalue weighted by atomic mass is 9.93. The molecule has 1 aliphatic heterocycles. The van der Waals surface area contributed by atoms with Gasteiger partial charge in [0.25, 0.3) is 11.8 Å². The van der Waals surface area contributed by atoms with E-state index in [4.69, 9.17) is 11.6 Å². The Morgan fingerprint density at radius 1 is 1.10 bits per heavy atom. The van der Waals surface area contributed by atoms with Crippen molar-refractivity contribution in [2.75, 3.05) is 10.2 Å². The first-order valence-electron chi connectivity index (χ1n) is 9.60. The van der Waals surface area contributed by atoms with Crippen LogP contribution in [0.4, 0.5) is 16.2 Å². The predicted molar refractivity (Wildman–Crippen MR) is 118 cm³/mol. The molecule has 0 bridgehead atoms. The molecule has 1 aromatic heterocycles. The highest BCUT2D eigenvalue weighted by atomic mass is 35.5. The number of aromatic nitrogens is 1. The van der Waals surface area contributed by atoms with Crippen molar-refractivity contribution in [2.45, 2.75) is 18.9 Å². The van der Waals surface area contributed by atoms with E-state index in [0.29, 0.717) is 12.1 Å². The number of halogens is 1. The van der Waals surface area contributed by atoms with Gasteiger partial charge in [-0.1, -0.05) is 48.0 Å². The smallest absolute Gasteiger partial charge is 0.323 e. The predicted octanol–water partition coefficient (Wildman–Crippen LogP) is 4.04. The molecular weight excluding hydrogens is 416 g/mol. The number of rotatable bonds is 5. The van der Waals surface area contributed by atoms with Gasteiger partial charge in [-0.25, -0.2) is 9.69 Å². The van der Waals surface area contributed by atoms with E-state index in [9.17, 15) is 14.4 Å². The number of pyridine rings is 1. The third-order valence-corrected chi connectivity index (χ3v) is 5.31. The zero-order valence-corrected chi connectivity index (χ0v) is 17.4. The van der Waals surface area contributed by atoms with Crippen molar-refractivity contribution in [1.82, 2.24) is 10.3 Å². The lowest BCUT2D eigenvalue weighted by Crippen LogP contribution is -2.46. The first-order valence-corrected chi connectivity index (χ1v) is 9.98. The molecule has 1 atom stereocenters. The first kappa shape index (κ1) is 20.6. The summed E-state index contributed by atoms with van der Waals surface area (Å²) in [5.41, 5.74) is 0.765. The molecule has 0 aliphatic carbocycles. The summed E-state index contributed by atoms with van der Waals surface area (Å²) in [5, 5.41) is 5.63. The number of hydrogen-bond donors (Lipinski definition) is 2. The molecule has 0 saturated carbocycles. The molecule has 4 rings (SSSR count). The Hall–Kier alpha value is -3.71. The van der Waals surface area contributed by atoms with Crippen molar-refractivity contribution in [3.63, 3.8) is 0 Å². The summed E-state index contributed by atoms with van der Waals surface area (Å²) < 4.78 is 0. The average molecular weight is 435 g/mol. The summed E-state index contributed by atoms with van der Waals surface area (Å²) in [6.45, 7) is 1.69. The summed E-state index contributed by atoms with van der Waals surface area (Å²) in [7, 11) is 0. The van der Waals surface area contributed by atoms with Crippen molar-refractivity contribution in [1.29, 1.82) is 0 Å². The van der Waals surface area contributed by atoms with Crippen LogP contribution in [0.15, 0.2) is 72.9 Å². The molecule has 0 spiro atoms. The number of nitrogens with one attached hydrogen (secondary N) is 2. The normalized spacial score (nSPS) is 18.1. The zero-order chi connectivity index (χ0) is 22.0. The van der Waals surface area contributed by atoms with Crippen molar-refractivity contribution in [3.05, 3.63) is 89.2 Å². The first-order chi connectivity index (χ1) is 14.9. The van der Waals surface area contributed by atoms with Crippen LogP contribution in [-0.4, -0.2) is 28.4 Å². The molecule has 31 heavy (non-hydrogen) atoms. The number of imide groups is 1. The maximum absolute atomic E-state index is 13.1. The van der Waals surface area contributed by atoms with Crippen LogP contribution in [0.3, 0.4) is 0 Å². The Bertz CT molecular complexity index is 1150. The highest BCUT2D eigenvalue weighted by Crippen LogP contribution is 2.34. The van der Waals surface area contributed by atoms with Gasteiger partial charge in [-0.3, -0.25) is 14.6 Å². The summed E-state index contributed by atoms with van der Waals surface area (Å²) in [6, 6.07) is 18.5. The van der Waals surface area contributed by atoms with Crippen molar-refractivity contribution in [3.8, 4) is 0 Å². The van der Waals surface area contributed by atoms with Gasteiger partial charge in [0.05, 0.1) is 10.7 Å². The van der Waals surface area contributed by atoms with Gasteiger partial charge in [-0.15, -0.1) is 0 Å². The Morgan fingerprint density at radius 2 is 1.84 bits per heavy atom. The van der Waals surface area contributed by atoms with Gasteiger partial charge in [0, 0.05) is 18.3 Å². The number of anilines is 2. The number of hydrogen-bond acceptors (Lipinski definition) is 4. The molecule has 2 aromatic carbocycles. The lowest BCUT2D eigenvalue weighted by Gasteiger charge is -2.22. The van der Waals surface area contributed by atoms with E-state index in [1.165, 1.54) is 18.3 Å². The minimum absolute atomic E-state index is 0.159. The molecule has 2 heterocycles. The molecule has 8 heteroatoms. The molecule has 1 saturated heterocycles. The number of urea groups is 1. The van der Waals surface area contributed by atoms with Crippen LogP contribution in [0.25, 0.3) is 0 Å². The Labute approximate surface area is 184 Å². The standard InChI is InChI=1S/C23H19ClN4O3/c1-23(14-15-7-3-2-4-8-15)21(30)28(22(31)27-23)19-11-10-16(13-17(19)24)26-20(29)18-9-5-6-12-25-18/h2-13H,14H2,1H3,(H,26,29)(H,27,31). The van der Waals surface area contributed by atoms with E-state index in [2.05, 4.69) is 15.6 Å². The molecule has 156 valence electrons. The summed E-state index contributed by atoms with van der Waals surface area (Å²) in [5.74, 6) is -0.789. The molecule has 1 aliphatic rings. The van der Waals surface area contributed by atoms with Gasteiger partial charge in [0.2, 0.25) is 0 Å². The highest BCUT2D eigenvalue weighted by molar-refractivity contribution is 6.36. The van der Waals surface area contributed by atoms with Crippen LogP contribution in [0.1, 0.15) is 23.0 Å². The van der Waals surface area contributed by atoms with Crippen LogP contribution < -0.4 is 15.5 Å². The fraction of sp³-hybridized carbons (Fsp3) is 0.130. The minimum Gasteiger partial charge on any atom is -0.323 e. The second kappa shape index (κ2) is 8.20. The number of amides is 4. The van der Waals surface area contributed by atoms with E-state index in [0.717, 1.165) is 10.5 Å². The molecule has 1 unspecified atom stereocenters. The number of carbonyl (C=O) groups excluding carboxylic acids is 3. The minimum atomic E-state index is -1.09. The van der Waals surface area contributed by atoms with Crippen molar-refractivity contribution < 1.29 is 14.4 Å². The van der Waals surface area contributed by atoms with E-state index >= 15 is 0 Å². The molecule has 4 amide bonds. The summed E-state index contributed by atoms with van der Waals surface area (Å²) >= 11 is 6.38. The van der Waals surface area contributed by atoms with Gasteiger partial charge in [0.15, 0.2) is 0 Å². The van der Waals surface area contributed by atoms with Gasteiger partial charge in [-0.05, 0) is 42.8 Å². The second-order valence-corrected chi connectivity index (χ2v) is 7.81. The fourth-order valence-electron chi connectivity index (χ4n) is 3.49.